The Labute approximate surface area is 199 Å². The van der Waals surface area contributed by atoms with Gasteiger partial charge in [0.05, 0.1) is 16.6 Å². The van der Waals surface area contributed by atoms with Crippen LogP contribution in [-0.4, -0.2) is 45.5 Å². The monoisotopic (exact) mass is 461 g/mol. The number of hydrogen-bond donors (Lipinski definition) is 0. The number of benzene rings is 1. The fraction of sp³-hybridized carbons (Fsp3) is 0.500. The minimum Gasteiger partial charge on any atom is -0.381 e. The van der Waals surface area contributed by atoms with Crippen molar-refractivity contribution in [2.45, 2.75) is 63.5 Å². The highest BCUT2D eigenvalue weighted by Gasteiger charge is 2.50. The fourth-order valence-corrected chi connectivity index (χ4v) is 6.76. The summed E-state index contributed by atoms with van der Waals surface area (Å²) < 4.78 is 22.3. The summed E-state index contributed by atoms with van der Waals surface area (Å²) >= 11 is 0. The molecule has 2 atom stereocenters. The van der Waals surface area contributed by atoms with E-state index in [0.717, 1.165) is 37.8 Å². The molecule has 2 unspecified atom stereocenters. The lowest BCUT2D eigenvalue weighted by Gasteiger charge is -2.46. The third-order valence-electron chi connectivity index (χ3n) is 8.47. The normalized spacial score (nSPS) is 26.1. The van der Waals surface area contributed by atoms with Gasteiger partial charge in [0.25, 0.3) is 0 Å². The highest BCUT2D eigenvalue weighted by Crippen LogP contribution is 2.45. The number of ether oxygens (including phenoxy) is 1. The van der Waals surface area contributed by atoms with Crippen LogP contribution in [0.1, 0.15) is 49.8 Å². The molecule has 0 saturated carbocycles. The molecule has 3 aliphatic heterocycles. The van der Waals surface area contributed by atoms with Gasteiger partial charge in [0, 0.05) is 43.9 Å². The van der Waals surface area contributed by atoms with Crippen LogP contribution in [0, 0.1) is 17.2 Å². The zero-order valence-corrected chi connectivity index (χ0v) is 19.5. The predicted molar refractivity (Wildman–Crippen MR) is 128 cm³/mol. The number of hydrogen-bond acceptors (Lipinski definition) is 3. The molecule has 3 saturated heterocycles. The summed E-state index contributed by atoms with van der Waals surface area (Å²) in [6.07, 6.45) is 12.9. The third-order valence-corrected chi connectivity index (χ3v) is 8.47. The van der Waals surface area contributed by atoms with Crippen LogP contribution >= 0.6 is 0 Å². The lowest BCUT2D eigenvalue weighted by molar-refractivity contribution is -0.153. The third kappa shape index (κ3) is 3.82. The molecular weight excluding hydrogens is 429 g/mol. The van der Waals surface area contributed by atoms with Crippen LogP contribution in [0.2, 0.25) is 0 Å². The maximum Gasteiger partial charge on any atom is 0.229 e. The average molecular weight is 462 g/mol. The van der Waals surface area contributed by atoms with Crippen molar-refractivity contribution in [3.05, 3.63) is 72.1 Å². The molecule has 6 heteroatoms. The first-order chi connectivity index (χ1) is 16.6. The Kier molecular flexibility index (Phi) is 5.64. The first-order valence-corrected chi connectivity index (χ1v) is 12.7. The Hall–Kier alpha value is -2.73. The Balaban J connectivity index is 1.22. The number of aromatic nitrogens is 2. The second-order valence-corrected chi connectivity index (χ2v) is 10.5. The van der Waals surface area contributed by atoms with E-state index < -0.39 is 5.41 Å². The summed E-state index contributed by atoms with van der Waals surface area (Å²) in [6.45, 7) is 1.14. The summed E-state index contributed by atoms with van der Waals surface area (Å²) in [5.74, 6) is 0.555. The van der Waals surface area contributed by atoms with Gasteiger partial charge in [-0.3, -0.25) is 9.78 Å². The van der Waals surface area contributed by atoms with Gasteiger partial charge in [-0.05, 0) is 81.0 Å². The van der Waals surface area contributed by atoms with Crippen LogP contribution in [0.15, 0.2) is 55.0 Å². The van der Waals surface area contributed by atoms with Gasteiger partial charge >= 0.3 is 0 Å². The Morgan fingerprint density at radius 1 is 1.06 bits per heavy atom. The zero-order valence-electron chi connectivity index (χ0n) is 19.5. The van der Waals surface area contributed by atoms with Crippen molar-refractivity contribution < 1.29 is 13.9 Å². The van der Waals surface area contributed by atoms with Crippen LogP contribution in [0.25, 0.3) is 5.52 Å². The van der Waals surface area contributed by atoms with Gasteiger partial charge in [0.15, 0.2) is 0 Å². The van der Waals surface area contributed by atoms with Crippen LogP contribution < -0.4 is 0 Å². The summed E-state index contributed by atoms with van der Waals surface area (Å²) in [7, 11) is 0. The fourth-order valence-electron chi connectivity index (χ4n) is 6.76. The molecule has 5 nitrogen and oxygen atoms in total. The van der Waals surface area contributed by atoms with Crippen molar-refractivity contribution in [2.24, 2.45) is 11.3 Å². The molecule has 1 aromatic carbocycles. The van der Waals surface area contributed by atoms with Crippen molar-refractivity contribution >= 4 is 11.4 Å². The summed E-state index contributed by atoms with van der Waals surface area (Å²) in [4.78, 5) is 21.1. The molecular formula is C28H32FN3O2. The van der Waals surface area contributed by atoms with Gasteiger partial charge < -0.3 is 14.0 Å². The van der Waals surface area contributed by atoms with Gasteiger partial charge in [-0.15, -0.1) is 0 Å². The molecule has 0 aliphatic carbocycles. The largest absolute Gasteiger partial charge is 0.381 e. The lowest BCUT2D eigenvalue weighted by Crippen LogP contribution is -2.55. The molecule has 3 aromatic rings. The Morgan fingerprint density at radius 3 is 2.59 bits per heavy atom. The van der Waals surface area contributed by atoms with E-state index in [9.17, 15) is 9.18 Å². The highest BCUT2D eigenvalue weighted by molar-refractivity contribution is 5.84. The number of fused-ring (bicyclic) bond motifs is 3. The molecule has 6 rings (SSSR count). The van der Waals surface area contributed by atoms with Crippen molar-refractivity contribution in [3.8, 4) is 0 Å². The molecule has 5 heterocycles. The topological polar surface area (TPSA) is 46.8 Å². The van der Waals surface area contributed by atoms with Crippen LogP contribution in [-0.2, 0) is 22.4 Å². The summed E-state index contributed by atoms with van der Waals surface area (Å²) in [5, 5.41) is 0. The lowest BCUT2D eigenvalue weighted by atomic mass is 9.73. The van der Waals surface area contributed by atoms with Gasteiger partial charge in [0.1, 0.15) is 5.82 Å². The minimum absolute atomic E-state index is 0.213. The van der Waals surface area contributed by atoms with Crippen molar-refractivity contribution in [1.29, 1.82) is 0 Å². The van der Waals surface area contributed by atoms with Crippen LogP contribution in [0.5, 0.6) is 0 Å². The molecule has 2 aromatic heterocycles. The molecule has 178 valence electrons. The van der Waals surface area contributed by atoms with Crippen LogP contribution in [0.3, 0.4) is 0 Å². The molecule has 0 spiro atoms. The van der Waals surface area contributed by atoms with E-state index in [4.69, 9.17) is 4.74 Å². The number of nitrogens with zero attached hydrogens (tertiary/aromatic N) is 3. The van der Waals surface area contributed by atoms with E-state index in [-0.39, 0.29) is 23.8 Å². The van der Waals surface area contributed by atoms with E-state index in [1.807, 2.05) is 24.5 Å². The van der Waals surface area contributed by atoms with E-state index in [1.54, 1.807) is 6.07 Å². The molecule has 0 N–H and O–H groups in total. The van der Waals surface area contributed by atoms with Gasteiger partial charge in [-0.25, -0.2) is 4.39 Å². The molecule has 2 bridgehead atoms. The van der Waals surface area contributed by atoms with Crippen LogP contribution in [0.4, 0.5) is 4.39 Å². The molecule has 3 fully saturated rings. The second-order valence-electron chi connectivity index (χ2n) is 10.5. The zero-order chi connectivity index (χ0) is 23.1. The standard InChI is InChI=1S/C28H32FN3O2/c29-24-5-2-1-4-21(24)19-28(9-14-34-15-10-28)27(33)32-22-7-8-23(32)17-20(16-22)18-25-26-6-3-12-31(26)13-11-30-25/h1-6,11-13,20,22-23H,7-10,14-19H2. The van der Waals surface area contributed by atoms with Crippen molar-refractivity contribution in [1.82, 2.24) is 14.3 Å². The minimum atomic E-state index is -0.562. The Bertz CT molecular complexity index is 1170. The average Bonchev–Trinajstić information content (AvgIpc) is 3.44. The number of piperidine rings is 1. The molecule has 1 amide bonds. The SMILES string of the molecule is O=C(N1C2CCC1CC(Cc1nccn3cccc13)C2)C1(Cc2ccccc2F)CCOCC1. The van der Waals surface area contributed by atoms with E-state index in [0.29, 0.717) is 44.0 Å². The number of halogens is 1. The van der Waals surface area contributed by atoms with E-state index >= 15 is 0 Å². The first kappa shape index (κ1) is 21.8. The molecule has 0 radical (unpaired) electrons. The maximum absolute atomic E-state index is 14.6. The first-order valence-electron chi connectivity index (χ1n) is 12.7. The van der Waals surface area contributed by atoms with E-state index in [2.05, 4.69) is 32.6 Å². The summed E-state index contributed by atoms with van der Waals surface area (Å²) in [5.41, 5.74) is 2.41. The number of amides is 1. The van der Waals surface area contributed by atoms with Gasteiger partial charge in [0.2, 0.25) is 5.91 Å². The summed E-state index contributed by atoms with van der Waals surface area (Å²) in [6, 6.07) is 11.7. The predicted octanol–water partition coefficient (Wildman–Crippen LogP) is 4.83. The van der Waals surface area contributed by atoms with E-state index in [1.165, 1.54) is 11.6 Å². The van der Waals surface area contributed by atoms with Crippen molar-refractivity contribution in [3.63, 3.8) is 0 Å². The second kappa shape index (κ2) is 8.81. The number of carbonyl (C=O) groups excluding carboxylic acids is 1. The number of carbonyl (C=O) groups is 1. The molecule has 3 aliphatic rings. The maximum atomic E-state index is 14.6. The quantitative estimate of drug-likeness (QED) is 0.547. The van der Waals surface area contributed by atoms with Gasteiger partial charge in [-0.1, -0.05) is 18.2 Å². The highest BCUT2D eigenvalue weighted by atomic mass is 19.1. The smallest absolute Gasteiger partial charge is 0.229 e. The Morgan fingerprint density at radius 2 is 1.82 bits per heavy atom. The number of rotatable bonds is 5. The molecule has 34 heavy (non-hydrogen) atoms. The van der Waals surface area contributed by atoms with Gasteiger partial charge in [-0.2, -0.15) is 0 Å². The van der Waals surface area contributed by atoms with Crippen molar-refractivity contribution in [2.75, 3.05) is 13.2 Å².